The molecule has 0 fully saturated rings. The summed E-state index contributed by atoms with van der Waals surface area (Å²) in [6.07, 6.45) is 0. The van der Waals surface area contributed by atoms with Crippen LogP contribution in [-0.2, 0) is 4.74 Å². The molecule has 0 aliphatic rings. The highest BCUT2D eigenvalue weighted by Gasteiger charge is 2.16. The Labute approximate surface area is 85.9 Å². The average Bonchev–Trinajstić information content (AvgIpc) is 2.16. The SMILES string of the molecule is COC(C)(C)CNc1n[nH]c(=O)[nH]c1=O. The molecule has 1 aromatic rings. The smallest absolute Gasteiger partial charge is 0.342 e. The number of methoxy groups -OCH3 is 1. The van der Waals surface area contributed by atoms with Crippen molar-refractivity contribution in [3.8, 4) is 0 Å². The molecule has 1 aromatic heterocycles. The van der Waals surface area contributed by atoms with E-state index < -0.39 is 16.9 Å². The number of hydrogen-bond acceptors (Lipinski definition) is 5. The Kier molecular flexibility index (Phi) is 3.25. The molecule has 15 heavy (non-hydrogen) atoms. The van der Waals surface area contributed by atoms with E-state index in [2.05, 4.69) is 20.5 Å². The van der Waals surface area contributed by atoms with Gasteiger partial charge in [0.1, 0.15) is 0 Å². The van der Waals surface area contributed by atoms with Crippen molar-refractivity contribution in [3.63, 3.8) is 0 Å². The van der Waals surface area contributed by atoms with Crippen molar-refractivity contribution in [2.45, 2.75) is 19.4 Å². The quantitative estimate of drug-likeness (QED) is 0.615. The molecule has 0 saturated carbocycles. The van der Waals surface area contributed by atoms with Crippen molar-refractivity contribution in [3.05, 3.63) is 20.8 Å². The summed E-state index contributed by atoms with van der Waals surface area (Å²) in [5.74, 6) is 0.0692. The molecule has 0 aromatic carbocycles. The lowest BCUT2D eigenvalue weighted by atomic mass is 10.1. The molecular weight excluding hydrogens is 200 g/mol. The molecule has 84 valence electrons. The molecule has 7 heteroatoms. The lowest BCUT2D eigenvalue weighted by Crippen LogP contribution is -2.35. The van der Waals surface area contributed by atoms with E-state index in [4.69, 9.17) is 4.74 Å². The fraction of sp³-hybridized carbons (Fsp3) is 0.625. The first-order valence-corrected chi connectivity index (χ1v) is 4.42. The number of rotatable bonds is 4. The number of aromatic amines is 2. The predicted octanol–water partition coefficient (Wildman–Crippen LogP) is -0.705. The third kappa shape index (κ3) is 3.21. The zero-order valence-corrected chi connectivity index (χ0v) is 8.88. The van der Waals surface area contributed by atoms with Gasteiger partial charge in [0.25, 0.3) is 5.56 Å². The topological polar surface area (TPSA) is 99.9 Å². The van der Waals surface area contributed by atoms with Gasteiger partial charge in [0.05, 0.1) is 5.60 Å². The monoisotopic (exact) mass is 214 g/mol. The van der Waals surface area contributed by atoms with E-state index >= 15 is 0 Å². The fourth-order valence-corrected chi connectivity index (χ4v) is 0.836. The van der Waals surface area contributed by atoms with E-state index in [-0.39, 0.29) is 5.82 Å². The second kappa shape index (κ2) is 4.26. The maximum absolute atomic E-state index is 11.2. The molecule has 0 amide bonds. The van der Waals surface area contributed by atoms with Crippen LogP contribution in [0, 0.1) is 0 Å². The van der Waals surface area contributed by atoms with Gasteiger partial charge in [-0.1, -0.05) is 0 Å². The lowest BCUT2D eigenvalue weighted by molar-refractivity contribution is 0.0343. The minimum Gasteiger partial charge on any atom is -0.377 e. The summed E-state index contributed by atoms with van der Waals surface area (Å²) < 4.78 is 5.15. The van der Waals surface area contributed by atoms with Crippen LogP contribution in [0.4, 0.5) is 5.82 Å². The molecule has 0 unspecified atom stereocenters. The van der Waals surface area contributed by atoms with Crippen molar-refractivity contribution in [1.82, 2.24) is 15.2 Å². The normalized spacial score (nSPS) is 11.4. The minimum absolute atomic E-state index is 0.0692. The van der Waals surface area contributed by atoms with Gasteiger partial charge in [-0.05, 0) is 13.8 Å². The van der Waals surface area contributed by atoms with Crippen molar-refractivity contribution in [1.29, 1.82) is 0 Å². The number of hydrogen-bond donors (Lipinski definition) is 3. The molecule has 1 rings (SSSR count). The number of aromatic nitrogens is 3. The van der Waals surface area contributed by atoms with E-state index in [1.165, 1.54) is 0 Å². The van der Waals surface area contributed by atoms with Crippen molar-refractivity contribution >= 4 is 5.82 Å². The van der Waals surface area contributed by atoms with Crippen LogP contribution in [0.2, 0.25) is 0 Å². The Morgan fingerprint density at radius 3 is 2.67 bits per heavy atom. The molecule has 0 atom stereocenters. The number of ether oxygens (including phenoxy) is 1. The Balaban J connectivity index is 2.75. The molecule has 0 bridgehead atoms. The second-order valence-corrected chi connectivity index (χ2v) is 3.67. The minimum atomic E-state index is -0.628. The predicted molar refractivity (Wildman–Crippen MR) is 55.1 cm³/mol. The third-order valence-corrected chi connectivity index (χ3v) is 1.95. The number of nitrogens with one attached hydrogen (secondary N) is 3. The molecule has 0 aliphatic carbocycles. The summed E-state index contributed by atoms with van der Waals surface area (Å²) >= 11 is 0. The summed E-state index contributed by atoms with van der Waals surface area (Å²) in [7, 11) is 1.58. The van der Waals surface area contributed by atoms with Crippen LogP contribution in [0.15, 0.2) is 9.59 Å². The lowest BCUT2D eigenvalue weighted by Gasteiger charge is -2.22. The first kappa shape index (κ1) is 11.4. The molecule has 0 aliphatic heterocycles. The maximum atomic E-state index is 11.2. The van der Waals surface area contributed by atoms with Crippen LogP contribution in [0.1, 0.15) is 13.8 Å². The highest BCUT2D eigenvalue weighted by atomic mass is 16.5. The summed E-state index contributed by atoms with van der Waals surface area (Å²) in [5, 5.41) is 8.48. The van der Waals surface area contributed by atoms with Crippen molar-refractivity contribution < 1.29 is 4.74 Å². The fourth-order valence-electron chi connectivity index (χ4n) is 0.836. The summed E-state index contributed by atoms with van der Waals surface area (Å²) in [6.45, 7) is 4.13. The summed E-state index contributed by atoms with van der Waals surface area (Å²) in [5.41, 5.74) is -1.59. The average molecular weight is 214 g/mol. The molecule has 7 nitrogen and oxygen atoms in total. The van der Waals surface area contributed by atoms with Gasteiger partial charge in [-0.15, -0.1) is 5.10 Å². The third-order valence-electron chi connectivity index (χ3n) is 1.95. The Morgan fingerprint density at radius 1 is 1.47 bits per heavy atom. The number of H-pyrrole nitrogens is 2. The van der Waals surface area contributed by atoms with Gasteiger partial charge in [-0.3, -0.25) is 9.78 Å². The van der Waals surface area contributed by atoms with Gasteiger partial charge in [-0.2, -0.15) is 0 Å². The van der Waals surface area contributed by atoms with Crippen LogP contribution in [0.5, 0.6) is 0 Å². The molecule has 0 radical (unpaired) electrons. The van der Waals surface area contributed by atoms with Crippen molar-refractivity contribution in [2.24, 2.45) is 0 Å². The molecule has 3 N–H and O–H groups in total. The Morgan fingerprint density at radius 2 is 2.13 bits per heavy atom. The molecule has 0 saturated heterocycles. The van der Waals surface area contributed by atoms with Crippen LogP contribution >= 0.6 is 0 Å². The van der Waals surface area contributed by atoms with Crippen LogP contribution in [0.3, 0.4) is 0 Å². The van der Waals surface area contributed by atoms with Crippen molar-refractivity contribution in [2.75, 3.05) is 19.0 Å². The van der Waals surface area contributed by atoms with E-state index in [1.807, 2.05) is 13.8 Å². The number of nitrogens with zero attached hydrogens (tertiary/aromatic N) is 1. The van der Waals surface area contributed by atoms with Gasteiger partial charge in [0, 0.05) is 13.7 Å². The number of anilines is 1. The van der Waals surface area contributed by atoms with E-state index in [0.717, 1.165) is 0 Å². The Bertz CT molecular complexity index is 434. The molecule has 1 heterocycles. The van der Waals surface area contributed by atoms with Gasteiger partial charge in [-0.25, -0.2) is 9.89 Å². The highest BCUT2D eigenvalue weighted by molar-refractivity contribution is 5.29. The molecule has 0 spiro atoms. The summed E-state index contributed by atoms with van der Waals surface area (Å²) in [6, 6.07) is 0. The second-order valence-electron chi connectivity index (χ2n) is 3.67. The van der Waals surface area contributed by atoms with Gasteiger partial charge >= 0.3 is 5.69 Å². The van der Waals surface area contributed by atoms with Crippen LogP contribution in [-0.4, -0.2) is 34.4 Å². The Hall–Kier alpha value is -1.63. The van der Waals surface area contributed by atoms with E-state index in [1.54, 1.807) is 7.11 Å². The van der Waals surface area contributed by atoms with E-state index in [9.17, 15) is 9.59 Å². The largest absolute Gasteiger partial charge is 0.377 e. The van der Waals surface area contributed by atoms with Gasteiger partial charge < -0.3 is 10.1 Å². The highest BCUT2D eigenvalue weighted by Crippen LogP contribution is 2.06. The maximum Gasteiger partial charge on any atom is 0.342 e. The van der Waals surface area contributed by atoms with Crippen LogP contribution < -0.4 is 16.6 Å². The molecular formula is C8H14N4O3. The van der Waals surface area contributed by atoms with Gasteiger partial charge in [0.2, 0.25) is 5.82 Å². The van der Waals surface area contributed by atoms with E-state index in [0.29, 0.717) is 6.54 Å². The standard InChI is InChI=1S/C8H14N4O3/c1-8(2,15-3)4-9-5-6(13)10-7(14)12-11-5/h4H2,1-3H3,(H,9,11)(H2,10,12,13,14). The first-order valence-electron chi connectivity index (χ1n) is 4.42. The zero-order chi connectivity index (χ0) is 11.5. The zero-order valence-electron chi connectivity index (χ0n) is 8.88. The van der Waals surface area contributed by atoms with Gasteiger partial charge in [0.15, 0.2) is 0 Å². The van der Waals surface area contributed by atoms with Crippen LogP contribution in [0.25, 0.3) is 0 Å². The first-order chi connectivity index (χ1) is 6.94. The summed E-state index contributed by atoms with van der Waals surface area (Å²) in [4.78, 5) is 23.9.